The Hall–Kier alpha value is -1.62. The SMILES string of the molecule is Nc1ncnc2c1ncn2C1CC(O)C(COP(=O)([O-])[O-])O1. The van der Waals surface area contributed by atoms with Crippen LogP contribution in [0.1, 0.15) is 12.6 Å². The van der Waals surface area contributed by atoms with E-state index in [2.05, 4.69) is 19.5 Å². The molecule has 1 saturated heterocycles. The molecule has 22 heavy (non-hydrogen) atoms. The van der Waals surface area contributed by atoms with E-state index in [0.29, 0.717) is 11.2 Å². The Bertz CT molecular complexity index is 732. The van der Waals surface area contributed by atoms with Gasteiger partial charge in [-0.15, -0.1) is 0 Å². The summed E-state index contributed by atoms with van der Waals surface area (Å²) in [6.07, 6.45) is 0.285. The number of phosphoric ester groups is 1. The van der Waals surface area contributed by atoms with Gasteiger partial charge >= 0.3 is 0 Å². The monoisotopic (exact) mass is 329 g/mol. The van der Waals surface area contributed by atoms with Crippen molar-refractivity contribution in [3.05, 3.63) is 12.7 Å². The van der Waals surface area contributed by atoms with Crippen molar-refractivity contribution in [1.29, 1.82) is 0 Å². The highest BCUT2D eigenvalue weighted by molar-refractivity contribution is 7.43. The summed E-state index contributed by atoms with van der Waals surface area (Å²) in [5, 5.41) is 9.89. The smallest absolute Gasteiger partial charge is 0.167 e. The molecule has 0 radical (unpaired) electrons. The molecule has 1 aliphatic heterocycles. The van der Waals surface area contributed by atoms with Gasteiger partial charge in [-0.1, -0.05) is 0 Å². The number of nitrogens with zero attached hydrogens (tertiary/aromatic N) is 4. The zero-order valence-electron chi connectivity index (χ0n) is 11.1. The van der Waals surface area contributed by atoms with E-state index in [4.69, 9.17) is 10.5 Å². The molecule has 0 saturated carbocycles. The van der Waals surface area contributed by atoms with E-state index in [9.17, 15) is 19.5 Å². The second kappa shape index (κ2) is 5.54. The molecule has 2 aromatic rings. The molecule has 0 spiro atoms. The lowest BCUT2D eigenvalue weighted by molar-refractivity contribution is -0.343. The summed E-state index contributed by atoms with van der Waals surface area (Å²) in [6, 6.07) is 0. The van der Waals surface area contributed by atoms with Gasteiger partial charge in [-0.05, 0) is 0 Å². The van der Waals surface area contributed by atoms with Gasteiger partial charge in [-0.25, -0.2) is 15.0 Å². The normalized spacial score (nSPS) is 25.9. The molecule has 0 bridgehead atoms. The number of aliphatic hydroxyl groups is 1. The first-order valence-corrected chi connectivity index (χ1v) is 7.74. The van der Waals surface area contributed by atoms with Gasteiger partial charge in [0.2, 0.25) is 0 Å². The van der Waals surface area contributed by atoms with Crippen molar-refractivity contribution >= 4 is 24.8 Å². The number of aromatic nitrogens is 4. The maximum atomic E-state index is 10.5. The number of hydrogen-bond acceptors (Lipinski definition) is 10. The maximum absolute atomic E-state index is 10.5. The number of anilines is 1. The van der Waals surface area contributed by atoms with Gasteiger partial charge in [0.15, 0.2) is 11.5 Å². The molecule has 2 aromatic heterocycles. The third-order valence-corrected chi connectivity index (χ3v) is 3.76. The third kappa shape index (κ3) is 2.95. The zero-order valence-corrected chi connectivity index (χ0v) is 12.0. The molecular formula is C10H12N5O6P-2. The highest BCUT2D eigenvalue weighted by Crippen LogP contribution is 2.34. The van der Waals surface area contributed by atoms with E-state index in [-0.39, 0.29) is 12.2 Å². The van der Waals surface area contributed by atoms with Crippen LogP contribution in [0, 0.1) is 0 Å². The molecule has 12 heteroatoms. The number of nitrogens with two attached hydrogens (primary N) is 1. The number of fused-ring (bicyclic) bond motifs is 1. The average Bonchev–Trinajstić information content (AvgIpc) is 3.00. The highest BCUT2D eigenvalue weighted by Gasteiger charge is 2.36. The summed E-state index contributed by atoms with van der Waals surface area (Å²) in [7, 11) is -5.12. The molecule has 3 N–H and O–H groups in total. The van der Waals surface area contributed by atoms with Crippen molar-refractivity contribution in [3.8, 4) is 0 Å². The number of nitrogen functional groups attached to an aromatic ring is 1. The number of phosphoric acid groups is 1. The molecule has 0 amide bonds. The van der Waals surface area contributed by atoms with Crippen LogP contribution in [0.15, 0.2) is 12.7 Å². The summed E-state index contributed by atoms with van der Waals surface area (Å²) in [6.45, 7) is -0.550. The van der Waals surface area contributed by atoms with Crippen molar-refractivity contribution in [2.24, 2.45) is 0 Å². The van der Waals surface area contributed by atoms with Gasteiger partial charge < -0.3 is 34.5 Å². The molecule has 3 heterocycles. The summed E-state index contributed by atoms with van der Waals surface area (Å²) >= 11 is 0. The number of rotatable bonds is 4. The van der Waals surface area contributed by atoms with Crippen LogP contribution in [0.4, 0.5) is 5.82 Å². The number of hydrogen-bond donors (Lipinski definition) is 2. The largest absolute Gasteiger partial charge is 0.790 e. The van der Waals surface area contributed by atoms with E-state index < -0.39 is 32.9 Å². The lowest BCUT2D eigenvalue weighted by atomic mass is 10.2. The van der Waals surface area contributed by atoms with Crippen molar-refractivity contribution in [1.82, 2.24) is 19.5 Å². The van der Waals surface area contributed by atoms with Gasteiger partial charge in [0.1, 0.15) is 24.2 Å². The van der Waals surface area contributed by atoms with Crippen LogP contribution >= 0.6 is 7.82 Å². The summed E-state index contributed by atoms with van der Waals surface area (Å²) < 4.78 is 21.7. The Balaban J connectivity index is 1.78. The van der Waals surface area contributed by atoms with Crippen LogP contribution < -0.4 is 15.5 Å². The summed E-state index contributed by atoms with van der Waals surface area (Å²) in [5.41, 5.74) is 6.49. The molecule has 3 atom stereocenters. The fourth-order valence-corrected chi connectivity index (χ4v) is 2.61. The Morgan fingerprint density at radius 2 is 2.27 bits per heavy atom. The van der Waals surface area contributed by atoms with Crippen molar-refractivity contribution in [2.45, 2.75) is 24.9 Å². The molecule has 0 aromatic carbocycles. The minimum atomic E-state index is -5.12. The standard InChI is InChI=1S/C10H14N5O6P/c11-9-8-10(13-3-12-9)15(4-14-8)7-1-5(16)6(21-7)2-20-22(17,18)19/h3-7,16H,1-2H2,(H2,11,12,13)(H2,17,18,19)/p-2. The first-order valence-electron chi connectivity index (χ1n) is 6.28. The Labute approximate surface area is 124 Å². The summed E-state index contributed by atoms with van der Waals surface area (Å²) in [4.78, 5) is 32.9. The van der Waals surface area contributed by atoms with Gasteiger partial charge in [-0.3, -0.25) is 4.57 Å². The first-order chi connectivity index (χ1) is 10.3. The maximum Gasteiger partial charge on any atom is 0.167 e. The van der Waals surface area contributed by atoms with Gasteiger partial charge in [0.25, 0.3) is 0 Å². The third-order valence-electron chi connectivity index (χ3n) is 3.30. The molecule has 1 aliphatic rings. The highest BCUT2D eigenvalue weighted by atomic mass is 31.2. The fraction of sp³-hybridized carbons (Fsp3) is 0.500. The molecule has 120 valence electrons. The van der Waals surface area contributed by atoms with Crippen LogP contribution in [0.2, 0.25) is 0 Å². The summed E-state index contributed by atoms with van der Waals surface area (Å²) in [5.74, 6) is 0.209. The molecule has 0 aliphatic carbocycles. The van der Waals surface area contributed by atoms with Crippen molar-refractivity contribution < 1.29 is 28.7 Å². The fourth-order valence-electron chi connectivity index (χ4n) is 2.28. The number of imidazole rings is 1. The van der Waals surface area contributed by atoms with Crippen LogP contribution in [0.5, 0.6) is 0 Å². The Morgan fingerprint density at radius 3 is 3.00 bits per heavy atom. The second-order valence-corrected chi connectivity index (χ2v) is 5.91. The number of aliphatic hydroxyl groups excluding tert-OH is 1. The predicted molar refractivity (Wildman–Crippen MR) is 67.8 cm³/mol. The Morgan fingerprint density at radius 1 is 1.50 bits per heavy atom. The van der Waals surface area contributed by atoms with E-state index >= 15 is 0 Å². The molecule has 11 nitrogen and oxygen atoms in total. The average molecular weight is 329 g/mol. The second-order valence-electron chi connectivity index (χ2n) is 4.76. The van der Waals surface area contributed by atoms with Crippen molar-refractivity contribution in [2.75, 3.05) is 12.3 Å². The lowest BCUT2D eigenvalue weighted by Crippen LogP contribution is -2.29. The number of ether oxygens (including phenoxy) is 1. The predicted octanol–water partition coefficient (Wildman–Crippen LogP) is -2.10. The minimum absolute atomic E-state index is 0.158. The minimum Gasteiger partial charge on any atom is -0.790 e. The molecule has 3 rings (SSSR count). The van der Waals surface area contributed by atoms with E-state index in [1.54, 1.807) is 4.57 Å². The van der Waals surface area contributed by atoms with Gasteiger partial charge in [0.05, 0.1) is 26.9 Å². The molecule has 1 fully saturated rings. The van der Waals surface area contributed by atoms with Crippen LogP contribution in [-0.2, 0) is 13.8 Å². The lowest BCUT2D eigenvalue weighted by Gasteiger charge is -2.30. The molecular weight excluding hydrogens is 317 g/mol. The van der Waals surface area contributed by atoms with E-state index in [1.807, 2.05) is 0 Å². The Kier molecular flexibility index (Phi) is 3.85. The topological polar surface area (TPSA) is 172 Å². The van der Waals surface area contributed by atoms with Gasteiger partial charge in [-0.2, -0.15) is 0 Å². The first kappa shape index (κ1) is 15.3. The zero-order chi connectivity index (χ0) is 15.9. The van der Waals surface area contributed by atoms with Crippen LogP contribution in [0.25, 0.3) is 11.2 Å². The quantitative estimate of drug-likeness (QED) is 0.592. The van der Waals surface area contributed by atoms with E-state index in [1.165, 1.54) is 12.7 Å². The van der Waals surface area contributed by atoms with Gasteiger partial charge in [0, 0.05) is 6.42 Å². The molecule has 3 unspecified atom stereocenters. The van der Waals surface area contributed by atoms with Crippen LogP contribution in [-0.4, -0.2) is 43.4 Å². The van der Waals surface area contributed by atoms with E-state index in [0.717, 1.165) is 0 Å². The van der Waals surface area contributed by atoms with Crippen molar-refractivity contribution in [3.63, 3.8) is 0 Å². The van der Waals surface area contributed by atoms with Crippen LogP contribution in [0.3, 0.4) is 0 Å².